The van der Waals surface area contributed by atoms with E-state index in [4.69, 9.17) is 0 Å². The molecule has 3 heteroatoms. The molecule has 46 valence electrons. The van der Waals surface area contributed by atoms with Crippen LogP contribution in [0.4, 0.5) is 0 Å². The summed E-state index contributed by atoms with van der Waals surface area (Å²) in [5, 5.41) is 4.03. The topological polar surface area (TPSA) is 27.7 Å². The van der Waals surface area contributed by atoms with Gasteiger partial charge in [0.1, 0.15) is 12.9 Å². The molecule has 0 amide bonds. The zero-order chi connectivity index (χ0) is 6.24. The van der Waals surface area contributed by atoms with Crippen LogP contribution in [-0.4, -0.2) is 6.61 Å². The normalized spacial score (nSPS) is 8.00. The summed E-state index contributed by atoms with van der Waals surface area (Å²) in [6.45, 7) is 6.88. The molecule has 0 aromatic rings. The molecule has 0 N–H and O–H groups in total. The molecule has 3 nitrogen and oxygen atoms in total. The summed E-state index contributed by atoms with van der Waals surface area (Å²) in [6, 6.07) is 0. The van der Waals surface area contributed by atoms with E-state index in [1.165, 1.54) is 6.08 Å². The lowest BCUT2D eigenvalue weighted by Gasteiger charge is -1.93. The largest absolute Gasteiger partial charge is 0.317 e. The lowest BCUT2D eigenvalue weighted by molar-refractivity contribution is -0.485. The summed E-state index contributed by atoms with van der Waals surface area (Å²) in [4.78, 5) is 8.44. The summed E-state index contributed by atoms with van der Waals surface area (Å²) in [7, 11) is 0. The Balaban J connectivity index is 2.71. The molecule has 0 aromatic carbocycles. The van der Waals surface area contributed by atoms with E-state index in [1.807, 2.05) is 0 Å². The molecule has 0 aliphatic heterocycles. The third kappa shape index (κ3) is 5.20. The van der Waals surface area contributed by atoms with Gasteiger partial charge in [0.25, 0.3) is 0 Å². The minimum atomic E-state index is 0.299. The molecule has 0 spiro atoms. The maximum atomic E-state index is 4.31. The fourth-order valence-electron chi connectivity index (χ4n) is 0.131. The molecule has 0 atom stereocenters. The van der Waals surface area contributed by atoms with E-state index in [0.29, 0.717) is 6.61 Å². The second kappa shape index (κ2) is 6.20. The van der Waals surface area contributed by atoms with Crippen LogP contribution in [0.5, 0.6) is 0 Å². The van der Waals surface area contributed by atoms with Crippen molar-refractivity contribution in [2.24, 2.45) is 0 Å². The first-order valence-electron chi connectivity index (χ1n) is 2.08. The molecule has 0 saturated heterocycles. The van der Waals surface area contributed by atoms with Gasteiger partial charge in [-0.2, -0.15) is 4.89 Å². The van der Waals surface area contributed by atoms with E-state index in [-0.39, 0.29) is 0 Å². The molecule has 0 rings (SSSR count). The van der Waals surface area contributed by atoms with Crippen LogP contribution < -0.4 is 0 Å². The Hall–Kier alpha value is -0.800. The highest BCUT2D eigenvalue weighted by Gasteiger charge is 1.77. The van der Waals surface area contributed by atoms with Crippen LogP contribution in [0.25, 0.3) is 0 Å². The molecule has 0 fully saturated rings. The predicted octanol–water partition coefficient (Wildman–Crippen LogP) is 1.20. The van der Waals surface area contributed by atoms with Crippen molar-refractivity contribution in [3.63, 3.8) is 0 Å². The van der Waals surface area contributed by atoms with Crippen molar-refractivity contribution in [1.29, 1.82) is 0 Å². The van der Waals surface area contributed by atoms with Gasteiger partial charge >= 0.3 is 0 Å². The van der Waals surface area contributed by atoms with E-state index >= 15 is 0 Å². The fourth-order valence-corrected chi connectivity index (χ4v) is 0.131. The zero-order valence-corrected chi connectivity index (χ0v) is 4.50. The maximum Gasteiger partial charge on any atom is 0.125 e. The Kier molecular flexibility index (Phi) is 5.58. The average Bonchev–Trinajstić information content (AvgIpc) is 1.81. The summed E-state index contributed by atoms with van der Waals surface area (Å²) < 4.78 is 0. The first kappa shape index (κ1) is 7.20. The van der Waals surface area contributed by atoms with Gasteiger partial charge in [0, 0.05) is 0 Å². The molecular weight excluding hydrogens is 108 g/mol. The van der Waals surface area contributed by atoms with E-state index in [2.05, 4.69) is 28.0 Å². The average molecular weight is 116 g/mol. The second-order valence-corrected chi connectivity index (χ2v) is 0.904. The Morgan fingerprint density at radius 3 is 2.62 bits per heavy atom. The minimum Gasteiger partial charge on any atom is -0.317 e. The molecule has 8 heavy (non-hydrogen) atoms. The van der Waals surface area contributed by atoms with Gasteiger partial charge in [-0.1, -0.05) is 12.7 Å². The number of hydrogen-bond acceptors (Lipinski definition) is 3. The van der Waals surface area contributed by atoms with Gasteiger partial charge < -0.3 is 4.89 Å². The van der Waals surface area contributed by atoms with Crippen molar-refractivity contribution < 1.29 is 14.8 Å². The van der Waals surface area contributed by atoms with E-state index in [1.54, 1.807) is 0 Å². The summed E-state index contributed by atoms with van der Waals surface area (Å²) in [6.07, 6.45) is 2.65. The van der Waals surface area contributed by atoms with Crippen molar-refractivity contribution >= 4 is 0 Å². The zero-order valence-electron chi connectivity index (χ0n) is 4.50. The molecule has 0 aliphatic carbocycles. The van der Waals surface area contributed by atoms with Crippen LogP contribution in [0.3, 0.4) is 0 Å². The Morgan fingerprint density at radius 2 is 2.12 bits per heavy atom. The Bertz CT molecular complexity index is 60.1. The standard InChI is InChI=1S/C5H8O3/c1-3-5-7-8-6-4-2/h3-4H,1-2,5H2. The van der Waals surface area contributed by atoms with Crippen molar-refractivity contribution in [2.75, 3.05) is 6.61 Å². The molecule has 0 aromatic heterocycles. The Morgan fingerprint density at radius 1 is 1.38 bits per heavy atom. The molecule has 0 heterocycles. The van der Waals surface area contributed by atoms with Crippen LogP contribution in [0.15, 0.2) is 25.5 Å². The van der Waals surface area contributed by atoms with Crippen molar-refractivity contribution in [3.8, 4) is 0 Å². The molecule has 0 radical (unpaired) electrons. The first-order chi connectivity index (χ1) is 3.91. The molecule has 0 unspecified atom stereocenters. The highest BCUT2D eigenvalue weighted by atomic mass is 17.5. The van der Waals surface area contributed by atoms with E-state index in [0.717, 1.165) is 6.26 Å². The van der Waals surface area contributed by atoms with Crippen molar-refractivity contribution in [2.45, 2.75) is 0 Å². The second-order valence-electron chi connectivity index (χ2n) is 0.904. The van der Waals surface area contributed by atoms with Gasteiger partial charge in [-0.3, -0.25) is 0 Å². The maximum absolute atomic E-state index is 4.31. The molecule has 0 bridgehead atoms. The van der Waals surface area contributed by atoms with Gasteiger partial charge in [-0.15, -0.1) is 6.58 Å². The van der Waals surface area contributed by atoms with Gasteiger partial charge in [-0.25, -0.2) is 0 Å². The summed E-state index contributed by atoms with van der Waals surface area (Å²) in [5.74, 6) is 0. The quantitative estimate of drug-likeness (QED) is 0.177. The van der Waals surface area contributed by atoms with E-state index in [9.17, 15) is 0 Å². The first-order valence-corrected chi connectivity index (χ1v) is 2.08. The molecular formula is C5H8O3. The third-order valence-electron chi connectivity index (χ3n) is 0.341. The van der Waals surface area contributed by atoms with Gasteiger partial charge in [-0.05, 0) is 5.04 Å². The van der Waals surface area contributed by atoms with Crippen LogP contribution in [0.1, 0.15) is 0 Å². The highest BCUT2D eigenvalue weighted by molar-refractivity contribution is 4.61. The SMILES string of the molecule is C=CCOOOC=C. The predicted molar refractivity (Wildman–Crippen MR) is 28.5 cm³/mol. The molecule has 0 saturated carbocycles. The third-order valence-corrected chi connectivity index (χ3v) is 0.341. The minimum absolute atomic E-state index is 0.299. The summed E-state index contributed by atoms with van der Waals surface area (Å²) in [5.41, 5.74) is 0. The number of rotatable bonds is 5. The van der Waals surface area contributed by atoms with E-state index < -0.39 is 0 Å². The highest BCUT2D eigenvalue weighted by Crippen LogP contribution is 1.79. The van der Waals surface area contributed by atoms with Crippen LogP contribution in [-0.2, 0) is 14.8 Å². The van der Waals surface area contributed by atoms with Gasteiger partial charge in [0.05, 0.1) is 0 Å². The lowest BCUT2D eigenvalue weighted by Crippen LogP contribution is -1.90. The van der Waals surface area contributed by atoms with Gasteiger partial charge in [0.15, 0.2) is 0 Å². The summed E-state index contributed by atoms with van der Waals surface area (Å²) >= 11 is 0. The van der Waals surface area contributed by atoms with Crippen LogP contribution in [0.2, 0.25) is 0 Å². The molecule has 0 aliphatic rings. The van der Waals surface area contributed by atoms with Gasteiger partial charge in [0.2, 0.25) is 0 Å². The fraction of sp³-hybridized carbons (Fsp3) is 0.200. The van der Waals surface area contributed by atoms with Crippen molar-refractivity contribution in [3.05, 3.63) is 25.5 Å². The van der Waals surface area contributed by atoms with Crippen LogP contribution in [0, 0.1) is 0 Å². The lowest BCUT2D eigenvalue weighted by atomic mass is 10.7. The smallest absolute Gasteiger partial charge is 0.125 e. The van der Waals surface area contributed by atoms with Crippen molar-refractivity contribution in [1.82, 2.24) is 0 Å². The number of hydrogen-bond donors (Lipinski definition) is 0. The monoisotopic (exact) mass is 116 g/mol. The Labute approximate surface area is 48.0 Å². The van der Waals surface area contributed by atoms with Crippen LogP contribution >= 0.6 is 0 Å².